The first-order chi connectivity index (χ1) is 8.29. The number of thiol groups is 1. The van der Waals surface area contributed by atoms with Crippen LogP contribution in [0, 0.1) is 0 Å². The van der Waals surface area contributed by atoms with Gasteiger partial charge in [-0.05, 0) is 17.9 Å². The van der Waals surface area contributed by atoms with Crippen LogP contribution in [0.1, 0.15) is 28.3 Å². The average Bonchev–Trinajstić information content (AvgIpc) is 2.78. The van der Waals surface area contributed by atoms with E-state index in [9.17, 15) is 0 Å². The topological polar surface area (TPSA) is 24.9 Å². The summed E-state index contributed by atoms with van der Waals surface area (Å²) >= 11 is 5.74. The molecule has 0 fully saturated rings. The second-order valence-electron chi connectivity index (χ2n) is 4.07. The first-order valence-corrected chi connectivity index (χ1v) is 6.91. The second-order valence-corrected chi connectivity index (χ2v) is 5.59. The number of hydrogen-bond acceptors (Lipinski definition) is 4. The van der Waals surface area contributed by atoms with Crippen LogP contribution in [-0.2, 0) is 13.0 Å². The molecule has 2 nitrogen and oxygen atoms in total. The van der Waals surface area contributed by atoms with Crippen LogP contribution in [0.4, 0.5) is 0 Å². The minimum atomic E-state index is 0.536. The van der Waals surface area contributed by atoms with Crippen molar-refractivity contribution >= 4 is 24.2 Å². The lowest BCUT2D eigenvalue weighted by atomic mass is 9.97. The van der Waals surface area contributed by atoms with Gasteiger partial charge in [0.2, 0.25) is 0 Å². The van der Waals surface area contributed by atoms with E-state index in [1.54, 1.807) is 11.3 Å². The van der Waals surface area contributed by atoms with Gasteiger partial charge in [0.15, 0.2) is 0 Å². The van der Waals surface area contributed by atoms with E-state index in [-0.39, 0.29) is 0 Å². The van der Waals surface area contributed by atoms with Crippen molar-refractivity contribution in [1.82, 2.24) is 9.71 Å². The van der Waals surface area contributed by atoms with E-state index >= 15 is 0 Å². The Hall–Kier alpha value is -0.840. The fourth-order valence-corrected chi connectivity index (χ4v) is 3.04. The third kappa shape index (κ3) is 3.56. The lowest BCUT2D eigenvalue weighted by molar-refractivity contribution is 0.767. The average molecular weight is 264 g/mol. The molecule has 1 atom stereocenters. The summed E-state index contributed by atoms with van der Waals surface area (Å²) in [5.41, 5.74) is 1.38. The zero-order valence-corrected chi connectivity index (χ0v) is 11.5. The minimum Gasteiger partial charge on any atom is -0.260 e. The van der Waals surface area contributed by atoms with Crippen LogP contribution >= 0.6 is 24.2 Å². The Morgan fingerprint density at radius 1 is 1.35 bits per heavy atom. The van der Waals surface area contributed by atoms with E-state index in [4.69, 9.17) is 0 Å². The molecule has 1 aromatic heterocycles. The third-order valence-corrected chi connectivity index (χ3v) is 3.89. The summed E-state index contributed by atoms with van der Waals surface area (Å²) in [6.45, 7) is 2.99. The van der Waals surface area contributed by atoms with Gasteiger partial charge >= 0.3 is 0 Å². The molecule has 17 heavy (non-hydrogen) atoms. The predicted octanol–water partition coefficient (Wildman–Crippen LogP) is 3.42. The number of benzene rings is 1. The van der Waals surface area contributed by atoms with E-state index in [1.165, 1.54) is 10.4 Å². The van der Waals surface area contributed by atoms with Crippen LogP contribution in [-0.4, -0.2) is 4.98 Å². The Morgan fingerprint density at radius 2 is 2.12 bits per heavy atom. The summed E-state index contributed by atoms with van der Waals surface area (Å²) in [6.07, 6.45) is 3.03. The van der Waals surface area contributed by atoms with Crippen LogP contribution in [0.5, 0.6) is 0 Å². The van der Waals surface area contributed by atoms with Crippen LogP contribution in [0.2, 0.25) is 0 Å². The molecule has 1 aromatic carbocycles. The molecule has 90 valence electrons. The van der Waals surface area contributed by atoms with Crippen molar-refractivity contribution in [1.29, 1.82) is 0 Å². The van der Waals surface area contributed by atoms with Crippen molar-refractivity contribution in [2.24, 2.45) is 0 Å². The van der Waals surface area contributed by atoms with Gasteiger partial charge in [0, 0.05) is 11.1 Å². The van der Waals surface area contributed by atoms with Crippen molar-refractivity contribution in [2.75, 3.05) is 0 Å². The Morgan fingerprint density at radius 3 is 2.82 bits per heavy atom. The van der Waals surface area contributed by atoms with Crippen molar-refractivity contribution in [2.45, 2.75) is 25.8 Å². The molecule has 0 aliphatic carbocycles. The summed E-state index contributed by atoms with van der Waals surface area (Å²) in [5, 5.41) is 1.09. The molecule has 0 amide bonds. The highest BCUT2D eigenvalue weighted by molar-refractivity contribution is 7.78. The molecule has 4 heteroatoms. The monoisotopic (exact) mass is 264 g/mol. The minimum absolute atomic E-state index is 0.536. The SMILES string of the molecule is CC(Cc1cnc(CNS)s1)c1ccccc1. The zero-order chi connectivity index (χ0) is 12.1. The highest BCUT2D eigenvalue weighted by atomic mass is 32.1. The smallest absolute Gasteiger partial charge is 0.107 e. The summed E-state index contributed by atoms with van der Waals surface area (Å²) in [5.74, 6) is 0.536. The van der Waals surface area contributed by atoms with E-state index in [0.717, 1.165) is 18.0 Å². The number of rotatable bonds is 5. The molecular formula is C13H16N2S2. The summed E-state index contributed by atoms with van der Waals surface area (Å²) in [6, 6.07) is 10.6. The quantitative estimate of drug-likeness (QED) is 0.809. The van der Waals surface area contributed by atoms with Crippen molar-refractivity contribution in [3.8, 4) is 0 Å². The van der Waals surface area contributed by atoms with Gasteiger partial charge in [-0.15, -0.1) is 11.3 Å². The van der Waals surface area contributed by atoms with E-state index in [0.29, 0.717) is 5.92 Å². The van der Waals surface area contributed by atoms with Crippen molar-refractivity contribution in [3.63, 3.8) is 0 Å². The molecule has 0 saturated heterocycles. The predicted molar refractivity (Wildman–Crippen MR) is 76.5 cm³/mol. The molecule has 0 spiro atoms. The van der Waals surface area contributed by atoms with E-state index in [2.05, 4.69) is 59.8 Å². The van der Waals surface area contributed by atoms with Crippen LogP contribution in [0.15, 0.2) is 36.5 Å². The maximum absolute atomic E-state index is 4.36. The number of nitrogens with zero attached hydrogens (tertiary/aromatic N) is 1. The molecule has 0 aliphatic rings. The van der Waals surface area contributed by atoms with Crippen LogP contribution in [0.3, 0.4) is 0 Å². The lowest BCUT2D eigenvalue weighted by Gasteiger charge is -2.09. The number of nitrogens with one attached hydrogen (secondary N) is 1. The highest BCUT2D eigenvalue weighted by Gasteiger charge is 2.08. The molecule has 1 N–H and O–H groups in total. The van der Waals surface area contributed by atoms with Gasteiger partial charge in [-0.2, -0.15) is 0 Å². The molecule has 0 bridgehead atoms. The van der Waals surface area contributed by atoms with Gasteiger partial charge in [-0.3, -0.25) is 4.72 Å². The molecule has 1 unspecified atom stereocenters. The van der Waals surface area contributed by atoms with Gasteiger partial charge in [-0.1, -0.05) is 50.1 Å². The number of thiazole rings is 1. The van der Waals surface area contributed by atoms with E-state index in [1.807, 2.05) is 6.20 Å². The third-order valence-electron chi connectivity index (χ3n) is 2.71. The largest absolute Gasteiger partial charge is 0.260 e. The second kappa shape index (κ2) is 6.19. The van der Waals surface area contributed by atoms with Crippen LogP contribution in [0.25, 0.3) is 0 Å². The maximum atomic E-state index is 4.36. The Balaban J connectivity index is 2.00. The molecule has 2 rings (SSSR count). The van der Waals surface area contributed by atoms with Gasteiger partial charge < -0.3 is 0 Å². The fourth-order valence-electron chi connectivity index (χ4n) is 1.79. The summed E-state index contributed by atoms with van der Waals surface area (Å²) in [7, 11) is 0. The molecule has 2 aromatic rings. The molecule has 0 aliphatic heterocycles. The Kier molecular flexibility index (Phi) is 4.59. The molecule has 1 heterocycles. The lowest BCUT2D eigenvalue weighted by Crippen LogP contribution is -1.97. The van der Waals surface area contributed by atoms with Crippen molar-refractivity contribution < 1.29 is 0 Å². The standard InChI is InChI=1S/C13H16N2S2/c1-10(11-5-3-2-4-6-11)7-12-8-14-13(17-12)9-15-16/h2-6,8,10,15-16H,7,9H2,1H3. The fraction of sp³-hybridized carbons (Fsp3) is 0.308. The number of hydrogen-bond donors (Lipinski definition) is 2. The normalized spacial score (nSPS) is 12.6. The zero-order valence-electron chi connectivity index (χ0n) is 9.76. The van der Waals surface area contributed by atoms with Gasteiger partial charge in [0.05, 0.1) is 6.54 Å². The van der Waals surface area contributed by atoms with Gasteiger partial charge in [0.25, 0.3) is 0 Å². The molecule has 0 saturated carbocycles. The Bertz CT molecular complexity index is 453. The summed E-state index contributed by atoms with van der Waals surface area (Å²) < 4.78 is 2.82. The summed E-state index contributed by atoms with van der Waals surface area (Å²) in [4.78, 5) is 5.69. The van der Waals surface area contributed by atoms with Crippen molar-refractivity contribution in [3.05, 3.63) is 52.0 Å². The molecular weight excluding hydrogens is 248 g/mol. The van der Waals surface area contributed by atoms with Gasteiger partial charge in [-0.25, -0.2) is 4.98 Å². The van der Waals surface area contributed by atoms with Crippen LogP contribution < -0.4 is 4.72 Å². The first kappa shape index (κ1) is 12.6. The highest BCUT2D eigenvalue weighted by Crippen LogP contribution is 2.23. The number of aromatic nitrogens is 1. The van der Waals surface area contributed by atoms with Gasteiger partial charge in [0.1, 0.15) is 5.01 Å². The van der Waals surface area contributed by atoms with E-state index < -0.39 is 0 Å². The Labute approximate surface area is 112 Å². The molecule has 0 radical (unpaired) electrons. The maximum Gasteiger partial charge on any atom is 0.107 e. The first-order valence-electron chi connectivity index (χ1n) is 5.65.